The van der Waals surface area contributed by atoms with Crippen molar-refractivity contribution in [1.29, 1.82) is 0 Å². The van der Waals surface area contributed by atoms with E-state index in [9.17, 15) is 9.59 Å². The number of carbonyl (C=O) groups excluding carboxylic acids is 2. The Morgan fingerprint density at radius 3 is 2.20 bits per heavy atom. The average Bonchev–Trinajstić information content (AvgIpc) is 2.37. The highest BCUT2D eigenvalue weighted by Crippen LogP contribution is 2.46. The molecule has 1 aromatic rings. The molecule has 0 spiro atoms. The third-order valence-corrected chi connectivity index (χ3v) is 3.46. The van der Waals surface area contributed by atoms with Gasteiger partial charge in [0.05, 0.1) is 0 Å². The van der Waals surface area contributed by atoms with Crippen LogP contribution in [0.2, 0.25) is 0 Å². The molecule has 1 aromatic carbocycles. The summed E-state index contributed by atoms with van der Waals surface area (Å²) in [6.07, 6.45) is 0. The smallest absolute Gasteiger partial charge is 0.276 e. The number of para-hydroxylation sites is 1. The van der Waals surface area contributed by atoms with Crippen LogP contribution in [0.4, 0.5) is 5.69 Å². The standard InChI is InChI=1S/C9H5Cl2NO2S/c10-9(11)12(7(13)8(14)15-9)6-4-2-1-3-5-6/h1-5H. The molecule has 78 valence electrons. The second-order valence-corrected chi connectivity index (χ2v) is 5.75. The van der Waals surface area contributed by atoms with E-state index in [0.29, 0.717) is 17.4 Å². The molecule has 0 aromatic heterocycles. The van der Waals surface area contributed by atoms with E-state index in [0.717, 1.165) is 4.90 Å². The van der Waals surface area contributed by atoms with Gasteiger partial charge >= 0.3 is 5.91 Å². The molecule has 15 heavy (non-hydrogen) atoms. The molecule has 1 aliphatic rings. The minimum atomic E-state index is -1.55. The van der Waals surface area contributed by atoms with Gasteiger partial charge in [-0.1, -0.05) is 41.4 Å². The molecule has 0 radical (unpaired) electrons. The molecular weight excluding hydrogens is 257 g/mol. The maximum absolute atomic E-state index is 11.5. The van der Waals surface area contributed by atoms with Crippen LogP contribution in [0, 0.1) is 0 Å². The lowest BCUT2D eigenvalue weighted by Gasteiger charge is -2.24. The molecule has 1 aliphatic heterocycles. The summed E-state index contributed by atoms with van der Waals surface area (Å²) < 4.78 is -1.55. The summed E-state index contributed by atoms with van der Waals surface area (Å²) in [5.41, 5.74) is 0.505. The van der Waals surface area contributed by atoms with Gasteiger partial charge in [0.25, 0.3) is 8.90 Å². The van der Waals surface area contributed by atoms with E-state index in [1.54, 1.807) is 30.3 Å². The van der Waals surface area contributed by atoms with Crippen molar-refractivity contribution in [3.63, 3.8) is 0 Å². The molecule has 2 rings (SSSR count). The molecule has 1 saturated heterocycles. The Bertz CT molecular complexity index is 421. The molecule has 0 aliphatic carbocycles. The van der Waals surface area contributed by atoms with Crippen molar-refractivity contribution in [1.82, 2.24) is 0 Å². The van der Waals surface area contributed by atoms with Gasteiger partial charge in [-0.15, -0.1) is 0 Å². The summed E-state index contributed by atoms with van der Waals surface area (Å²) in [4.78, 5) is 23.8. The van der Waals surface area contributed by atoms with Gasteiger partial charge < -0.3 is 0 Å². The van der Waals surface area contributed by atoms with Crippen LogP contribution in [0.1, 0.15) is 0 Å². The predicted molar refractivity (Wildman–Crippen MR) is 61.0 cm³/mol. The zero-order valence-corrected chi connectivity index (χ0v) is 9.64. The number of rotatable bonds is 1. The zero-order chi connectivity index (χ0) is 11.1. The van der Waals surface area contributed by atoms with Crippen molar-refractivity contribution in [2.45, 2.75) is 3.79 Å². The SMILES string of the molecule is O=C1SC(Cl)(Cl)N(c2ccccc2)C1=O. The Hall–Kier alpha value is -0.710. The fourth-order valence-corrected chi connectivity index (χ4v) is 2.71. The minimum absolute atomic E-state index is 0.505. The van der Waals surface area contributed by atoms with Gasteiger partial charge in [0, 0.05) is 5.69 Å². The zero-order valence-electron chi connectivity index (χ0n) is 7.31. The number of benzene rings is 1. The van der Waals surface area contributed by atoms with E-state index < -0.39 is 14.8 Å². The molecule has 0 saturated carbocycles. The molecule has 1 amide bonds. The molecule has 0 bridgehead atoms. The molecule has 0 unspecified atom stereocenters. The number of hydrogen-bond acceptors (Lipinski definition) is 3. The van der Waals surface area contributed by atoms with Crippen LogP contribution in [0.3, 0.4) is 0 Å². The number of carbonyl (C=O) groups is 2. The largest absolute Gasteiger partial charge is 0.308 e. The lowest BCUT2D eigenvalue weighted by atomic mass is 10.3. The van der Waals surface area contributed by atoms with E-state index in [-0.39, 0.29) is 0 Å². The van der Waals surface area contributed by atoms with Crippen LogP contribution in [0.25, 0.3) is 0 Å². The van der Waals surface area contributed by atoms with Crippen LogP contribution in [0.15, 0.2) is 30.3 Å². The maximum Gasteiger partial charge on any atom is 0.308 e. The minimum Gasteiger partial charge on any atom is -0.276 e. The number of anilines is 1. The fraction of sp³-hybridized carbons (Fsp3) is 0.111. The van der Waals surface area contributed by atoms with Crippen LogP contribution >= 0.6 is 35.0 Å². The van der Waals surface area contributed by atoms with Gasteiger partial charge in [0.2, 0.25) is 0 Å². The van der Waals surface area contributed by atoms with Crippen LogP contribution in [-0.2, 0) is 9.59 Å². The lowest BCUT2D eigenvalue weighted by molar-refractivity contribution is -0.130. The van der Waals surface area contributed by atoms with E-state index in [2.05, 4.69) is 0 Å². The van der Waals surface area contributed by atoms with Gasteiger partial charge in [-0.3, -0.25) is 14.5 Å². The summed E-state index contributed by atoms with van der Waals surface area (Å²) in [7, 11) is 0. The van der Waals surface area contributed by atoms with E-state index >= 15 is 0 Å². The Morgan fingerprint density at radius 1 is 1.13 bits per heavy atom. The second kappa shape index (κ2) is 3.70. The number of amides is 1. The highest BCUT2D eigenvalue weighted by molar-refractivity contribution is 8.19. The number of halogens is 2. The molecule has 6 heteroatoms. The molecule has 0 N–H and O–H groups in total. The van der Waals surface area contributed by atoms with Crippen molar-refractivity contribution in [3.8, 4) is 0 Å². The molecule has 0 atom stereocenters. The topological polar surface area (TPSA) is 37.4 Å². The number of thioether (sulfide) groups is 1. The Kier molecular flexibility index (Phi) is 2.66. The third-order valence-electron chi connectivity index (χ3n) is 1.87. The van der Waals surface area contributed by atoms with Gasteiger partial charge in [-0.2, -0.15) is 0 Å². The van der Waals surface area contributed by atoms with Gasteiger partial charge in [0.15, 0.2) is 0 Å². The first-order valence-electron chi connectivity index (χ1n) is 4.03. The summed E-state index contributed by atoms with van der Waals surface area (Å²) >= 11 is 12.3. The van der Waals surface area contributed by atoms with Crippen molar-refractivity contribution in [2.75, 3.05) is 4.90 Å². The van der Waals surface area contributed by atoms with E-state index in [1.807, 2.05) is 0 Å². The number of nitrogens with zero attached hydrogens (tertiary/aromatic N) is 1. The number of hydrogen-bond donors (Lipinski definition) is 0. The van der Waals surface area contributed by atoms with E-state index in [1.165, 1.54) is 0 Å². The molecule has 1 heterocycles. The fourth-order valence-electron chi connectivity index (χ4n) is 1.25. The quantitative estimate of drug-likeness (QED) is 0.443. The van der Waals surface area contributed by atoms with Gasteiger partial charge in [-0.25, -0.2) is 0 Å². The molecule has 1 fully saturated rings. The monoisotopic (exact) mass is 261 g/mol. The van der Waals surface area contributed by atoms with Crippen molar-refractivity contribution < 1.29 is 9.59 Å². The van der Waals surface area contributed by atoms with Crippen LogP contribution in [-0.4, -0.2) is 14.8 Å². The van der Waals surface area contributed by atoms with Crippen molar-refractivity contribution >= 4 is 51.7 Å². The summed E-state index contributed by atoms with van der Waals surface area (Å²) in [5.74, 6) is -0.698. The molecule has 3 nitrogen and oxygen atoms in total. The predicted octanol–water partition coefficient (Wildman–Crippen LogP) is 2.38. The normalized spacial score (nSPS) is 19.7. The van der Waals surface area contributed by atoms with Crippen LogP contribution in [0.5, 0.6) is 0 Å². The maximum atomic E-state index is 11.5. The average molecular weight is 262 g/mol. The van der Waals surface area contributed by atoms with Crippen molar-refractivity contribution in [2.24, 2.45) is 0 Å². The first-order valence-corrected chi connectivity index (χ1v) is 5.60. The highest BCUT2D eigenvalue weighted by Gasteiger charge is 2.50. The van der Waals surface area contributed by atoms with Gasteiger partial charge in [0.1, 0.15) is 0 Å². The van der Waals surface area contributed by atoms with Crippen molar-refractivity contribution in [3.05, 3.63) is 30.3 Å². The first-order chi connectivity index (χ1) is 7.02. The Balaban J connectivity index is 2.45. The Morgan fingerprint density at radius 2 is 1.73 bits per heavy atom. The Labute approximate surface area is 100 Å². The summed E-state index contributed by atoms with van der Waals surface area (Å²) in [6, 6.07) is 8.59. The summed E-state index contributed by atoms with van der Waals surface area (Å²) in [6.45, 7) is 0. The first kappa shape index (κ1) is 10.8. The molecular formula is C9H5Cl2NO2S. The lowest BCUT2D eigenvalue weighted by Crippen LogP contribution is -2.36. The van der Waals surface area contributed by atoms with Crippen LogP contribution < -0.4 is 4.90 Å². The highest BCUT2D eigenvalue weighted by atomic mass is 35.5. The van der Waals surface area contributed by atoms with E-state index in [4.69, 9.17) is 23.2 Å². The summed E-state index contributed by atoms with van der Waals surface area (Å²) in [5, 5.41) is -0.649. The number of alkyl halides is 2. The van der Waals surface area contributed by atoms with Gasteiger partial charge in [-0.05, 0) is 23.9 Å². The second-order valence-electron chi connectivity index (χ2n) is 2.85. The third kappa shape index (κ3) is 1.85.